The largest absolute Gasteiger partial charge is 0.457 e. The Morgan fingerprint density at radius 3 is 1.57 bits per heavy atom. The predicted octanol–water partition coefficient (Wildman–Crippen LogP) is 4.83. The van der Waals surface area contributed by atoms with Gasteiger partial charge in [0.25, 0.3) is 29.1 Å². The zero-order chi connectivity index (χ0) is 30.0. The number of hydrogen-bond donors (Lipinski definition) is 0. The SMILES string of the molecule is O=C(CN(C(=O)c1ccc([N+](=O)[O-])cc1)N1C(=O)c2ccccc2C1=O)c1ccc(Oc2ccc([N+](=O)[O-])cc2)cc1. The number of amides is 3. The number of benzene rings is 4. The van der Waals surface area contributed by atoms with E-state index in [1.54, 1.807) is 12.1 Å². The Hall–Kier alpha value is -6.24. The van der Waals surface area contributed by atoms with Crippen LogP contribution in [0.5, 0.6) is 11.5 Å². The minimum atomic E-state index is -0.897. The molecular weight excluding hydrogens is 548 g/mol. The summed E-state index contributed by atoms with van der Waals surface area (Å²) in [5.41, 5.74) is -0.213. The number of carbonyl (C=O) groups is 4. The van der Waals surface area contributed by atoms with Crippen LogP contribution in [0.1, 0.15) is 41.4 Å². The molecule has 1 aliphatic rings. The third kappa shape index (κ3) is 5.29. The molecule has 0 bridgehead atoms. The predicted molar refractivity (Wildman–Crippen MR) is 145 cm³/mol. The first-order chi connectivity index (χ1) is 20.1. The number of hydrogen-bond acceptors (Lipinski definition) is 9. The summed E-state index contributed by atoms with van der Waals surface area (Å²) in [7, 11) is 0. The molecule has 13 heteroatoms. The van der Waals surface area contributed by atoms with Gasteiger partial charge in [-0.25, -0.2) is 5.01 Å². The molecule has 0 radical (unpaired) electrons. The summed E-state index contributed by atoms with van der Waals surface area (Å²) in [6.45, 7) is -0.705. The molecule has 0 atom stereocenters. The van der Waals surface area contributed by atoms with Crippen molar-refractivity contribution in [3.63, 3.8) is 0 Å². The first kappa shape index (κ1) is 27.3. The summed E-state index contributed by atoms with van der Waals surface area (Å²) < 4.78 is 5.65. The third-order valence-electron chi connectivity index (χ3n) is 6.33. The van der Waals surface area contributed by atoms with Crippen LogP contribution in [0.25, 0.3) is 0 Å². The number of hydrazine groups is 1. The van der Waals surface area contributed by atoms with E-state index in [1.807, 2.05) is 0 Å². The lowest BCUT2D eigenvalue weighted by Crippen LogP contribution is -2.51. The molecule has 42 heavy (non-hydrogen) atoms. The standard InChI is InChI=1S/C29H18N4O9/c34-26(18-7-13-22(14-8-18)42-23-15-11-21(12-16-23)33(40)41)17-30(27(35)19-5-9-20(10-6-19)32(38)39)31-28(36)24-3-1-2-4-25(24)29(31)37/h1-16H,17H2. The van der Waals surface area contributed by atoms with E-state index in [0.717, 1.165) is 17.1 Å². The number of nitro groups is 2. The van der Waals surface area contributed by atoms with Gasteiger partial charge in [0, 0.05) is 35.4 Å². The fourth-order valence-corrected chi connectivity index (χ4v) is 4.21. The molecule has 0 N–H and O–H groups in total. The Kier molecular flexibility index (Phi) is 7.22. The average molecular weight is 566 g/mol. The summed E-state index contributed by atoms with van der Waals surface area (Å²) in [4.78, 5) is 73.9. The molecule has 3 amide bonds. The van der Waals surface area contributed by atoms with E-state index in [2.05, 4.69) is 0 Å². The minimum Gasteiger partial charge on any atom is -0.457 e. The number of non-ortho nitro benzene ring substituents is 2. The molecular formula is C29H18N4O9. The van der Waals surface area contributed by atoms with Gasteiger partial charge in [-0.2, -0.15) is 5.01 Å². The van der Waals surface area contributed by atoms with Crippen molar-refractivity contribution >= 4 is 34.9 Å². The number of fused-ring (bicyclic) bond motifs is 1. The Balaban J connectivity index is 1.39. The highest BCUT2D eigenvalue weighted by atomic mass is 16.6. The topological polar surface area (TPSA) is 170 Å². The van der Waals surface area contributed by atoms with Crippen LogP contribution in [0.2, 0.25) is 0 Å². The van der Waals surface area contributed by atoms with Crippen LogP contribution >= 0.6 is 0 Å². The second-order valence-corrected chi connectivity index (χ2v) is 8.94. The molecule has 1 heterocycles. The molecule has 208 valence electrons. The molecule has 1 aliphatic heterocycles. The molecule has 0 aliphatic carbocycles. The van der Waals surface area contributed by atoms with Gasteiger partial charge in [0.2, 0.25) is 0 Å². The monoisotopic (exact) mass is 566 g/mol. The zero-order valence-electron chi connectivity index (χ0n) is 21.4. The van der Waals surface area contributed by atoms with Crippen molar-refractivity contribution < 1.29 is 33.8 Å². The molecule has 0 spiro atoms. The summed E-state index contributed by atoms with van der Waals surface area (Å²) in [5, 5.41) is 23.2. The fourth-order valence-electron chi connectivity index (χ4n) is 4.21. The Bertz CT molecular complexity index is 1720. The summed E-state index contributed by atoms with van der Waals surface area (Å²) in [6.07, 6.45) is 0. The van der Waals surface area contributed by atoms with Gasteiger partial charge in [0.1, 0.15) is 18.0 Å². The van der Waals surface area contributed by atoms with Gasteiger partial charge in [-0.05, 0) is 60.7 Å². The number of Topliss-reactive ketones (excluding diaryl/α,β-unsaturated/α-hetero) is 1. The van der Waals surface area contributed by atoms with Crippen molar-refractivity contribution in [3.8, 4) is 11.5 Å². The van der Waals surface area contributed by atoms with Crippen molar-refractivity contribution in [3.05, 3.63) is 140 Å². The molecule has 4 aromatic rings. The summed E-state index contributed by atoms with van der Waals surface area (Å²) in [5.74, 6) is -2.48. The maximum Gasteiger partial charge on any atom is 0.280 e. The lowest BCUT2D eigenvalue weighted by Gasteiger charge is -2.29. The van der Waals surface area contributed by atoms with Crippen molar-refractivity contribution in [2.24, 2.45) is 0 Å². The zero-order valence-corrected chi connectivity index (χ0v) is 21.4. The number of nitrogens with zero attached hydrogens (tertiary/aromatic N) is 4. The number of ketones is 1. The van der Waals surface area contributed by atoms with E-state index in [-0.39, 0.29) is 33.6 Å². The van der Waals surface area contributed by atoms with Crippen LogP contribution in [-0.2, 0) is 0 Å². The average Bonchev–Trinajstić information content (AvgIpc) is 3.25. The fraction of sp³-hybridized carbons (Fsp3) is 0.0345. The number of rotatable bonds is 9. The molecule has 0 aromatic heterocycles. The van der Waals surface area contributed by atoms with E-state index < -0.39 is 39.9 Å². The van der Waals surface area contributed by atoms with E-state index >= 15 is 0 Å². The highest BCUT2D eigenvalue weighted by Crippen LogP contribution is 2.27. The van der Waals surface area contributed by atoms with E-state index in [0.29, 0.717) is 16.5 Å². The third-order valence-corrected chi connectivity index (χ3v) is 6.33. The highest BCUT2D eigenvalue weighted by Gasteiger charge is 2.42. The van der Waals surface area contributed by atoms with Gasteiger partial charge in [0.15, 0.2) is 5.78 Å². The molecule has 5 rings (SSSR count). The van der Waals surface area contributed by atoms with Gasteiger partial charge in [-0.1, -0.05) is 12.1 Å². The van der Waals surface area contributed by atoms with Gasteiger partial charge < -0.3 is 4.74 Å². The Labute approximate surface area is 236 Å². The van der Waals surface area contributed by atoms with Crippen LogP contribution in [0.4, 0.5) is 11.4 Å². The molecule has 13 nitrogen and oxygen atoms in total. The second kappa shape index (κ2) is 11.1. The quantitative estimate of drug-likeness (QED) is 0.119. The molecule has 4 aromatic carbocycles. The smallest absolute Gasteiger partial charge is 0.280 e. The van der Waals surface area contributed by atoms with Crippen molar-refractivity contribution in [1.29, 1.82) is 0 Å². The number of nitro benzene ring substituents is 2. The van der Waals surface area contributed by atoms with Gasteiger partial charge in [-0.3, -0.25) is 39.4 Å². The van der Waals surface area contributed by atoms with Gasteiger partial charge >= 0.3 is 0 Å². The van der Waals surface area contributed by atoms with E-state index in [9.17, 15) is 39.4 Å². The minimum absolute atomic E-state index is 0.0594. The molecule has 0 unspecified atom stereocenters. The summed E-state index contributed by atoms with van der Waals surface area (Å²) in [6, 6.07) is 21.7. The first-order valence-corrected chi connectivity index (χ1v) is 12.2. The van der Waals surface area contributed by atoms with Crippen molar-refractivity contribution in [2.45, 2.75) is 0 Å². The molecule has 0 saturated carbocycles. The van der Waals surface area contributed by atoms with Crippen LogP contribution < -0.4 is 4.74 Å². The number of ether oxygens (including phenoxy) is 1. The van der Waals surface area contributed by atoms with E-state index in [4.69, 9.17) is 4.74 Å². The van der Waals surface area contributed by atoms with Crippen LogP contribution in [0.3, 0.4) is 0 Å². The maximum absolute atomic E-state index is 13.5. The number of imide groups is 1. The van der Waals surface area contributed by atoms with Crippen molar-refractivity contribution in [1.82, 2.24) is 10.0 Å². The Morgan fingerprint density at radius 2 is 1.10 bits per heavy atom. The Morgan fingerprint density at radius 1 is 0.667 bits per heavy atom. The summed E-state index contributed by atoms with van der Waals surface area (Å²) >= 11 is 0. The van der Waals surface area contributed by atoms with Crippen LogP contribution in [0, 0.1) is 20.2 Å². The second-order valence-electron chi connectivity index (χ2n) is 8.94. The lowest BCUT2D eigenvalue weighted by atomic mass is 10.1. The lowest BCUT2D eigenvalue weighted by molar-refractivity contribution is -0.385. The van der Waals surface area contributed by atoms with Crippen LogP contribution in [-0.4, -0.2) is 49.9 Å². The highest BCUT2D eigenvalue weighted by molar-refractivity contribution is 6.22. The van der Waals surface area contributed by atoms with Crippen molar-refractivity contribution in [2.75, 3.05) is 6.54 Å². The van der Waals surface area contributed by atoms with Gasteiger partial charge in [-0.15, -0.1) is 0 Å². The first-order valence-electron chi connectivity index (χ1n) is 12.2. The number of carbonyl (C=O) groups excluding carboxylic acids is 4. The van der Waals surface area contributed by atoms with E-state index in [1.165, 1.54) is 72.8 Å². The maximum atomic E-state index is 13.5. The molecule has 0 fully saturated rings. The van der Waals surface area contributed by atoms with Gasteiger partial charge in [0.05, 0.1) is 21.0 Å². The molecule has 0 saturated heterocycles. The normalized spacial score (nSPS) is 12.0. The van der Waals surface area contributed by atoms with Crippen LogP contribution in [0.15, 0.2) is 97.1 Å².